The van der Waals surface area contributed by atoms with E-state index in [2.05, 4.69) is 20.7 Å². The highest BCUT2D eigenvalue weighted by atomic mass is 32.2. The summed E-state index contributed by atoms with van der Waals surface area (Å²) in [7, 11) is 1.82. The van der Waals surface area contributed by atoms with Crippen LogP contribution in [0.2, 0.25) is 0 Å². The highest BCUT2D eigenvalue weighted by Gasteiger charge is 2.22. The third-order valence-electron chi connectivity index (χ3n) is 3.44. The molecule has 0 spiro atoms. The van der Waals surface area contributed by atoms with Crippen LogP contribution >= 0.6 is 11.8 Å². The summed E-state index contributed by atoms with van der Waals surface area (Å²) in [6, 6.07) is 0. The zero-order valence-electron chi connectivity index (χ0n) is 11.6. The standard InChI is InChI=1S/C12H21N5OS/c1-8(19-3)11(18)15-12-14-10(16-17(12)2)9-4-6-13-7-5-9/h8-9,13H,4-7H2,1-3H3,(H,14,15,16,18). The number of hydrogen-bond donors (Lipinski definition) is 2. The summed E-state index contributed by atoms with van der Waals surface area (Å²) in [5.74, 6) is 1.76. The number of aryl methyl sites for hydroxylation is 1. The van der Waals surface area contributed by atoms with Gasteiger partial charge in [0.15, 0.2) is 5.82 Å². The Morgan fingerprint density at radius 1 is 1.53 bits per heavy atom. The van der Waals surface area contributed by atoms with E-state index >= 15 is 0 Å². The molecule has 0 bridgehead atoms. The van der Waals surface area contributed by atoms with Crippen LogP contribution in [0.25, 0.3) is 0 Å². The molecule has 19 heavy (non-hydrogen) atoms. The van der Waals surface area contributed by atoms with Crippen molar-refractivity contribution in [3.63, 3.8) is 0 Å². The smallest absolute Gasteiger partial charge is 0.239 e. The number of amides is 1. The molecule has 2 rings (SSSR count). The van der Waals surface area contributed by atoms with E-state index in [1.165, 1.54) is 11.8 Å². The Morgan fingerprint density at radius 3 is 2.84 bits per heavy atom. The average molecular weight is 283 g/mol. The minimum absolute atomic E-state index is 0.0279. The molecule has 2 heterocycles. The van der Waals surface area contributed by atoms with Crippen LogP contribution in [-0.2, 0) is 11.8 Å². The zero-order valence-corrected chi connectivity index (χ0v) is 12.5. The Hall–Kier alpha value is -1.08. The molecule has 0 aromatic carbocycles. The highest BCUT2D eigenvalue weighted by Crippen LogP contribution is 2.23. The van der Waals surface area contributed by atoms with Crippen molar-refractivity contribution in [1.29, 1.82) is 0 Å². The van der Waals surface area contributed by atoms with Gasteiger partial charge in [-0.3, -0.25) is 10.1 Å². The van der Waals surface area contributed by atoms with Crippen molar-refractivity contribution in [2.45, 2.75) is 30.9 Å². The van der Waals surface area contributed by atoms with E-state index in [0.29, 0.717) is 11.9 Å². The van der Waals surface area contributed by atoms with Gasteiger partial charge in [0.05, 0.1) is 5.25 Å². The van der Waals surface area contributed by atoms with Gasteiger partial charge in [0, 0.05) is 13.0 Å². The van der Waals surface area contributed by atoms with Crippen LogP contribution in [-0.4, -0.2) is 45.3 Å². The number of aromatic nitrogens is 3. The number of piperidine rings is 1. The SMILES string of the molecule is CSC(C)C(=O)Nc1nc(C2CCNCC2)nn1C. The number of hydrogen-bond acceptors (Lipinski definition) is 5. The predicted octanol–water partition coefficient (Wildman–Crippen LogP) is 0.972. The molecule has 106 valence electrons. The van der Waals surface area contributed by atoms with Crippen molar-refractivity contribution >= 4 is 23.6 Å². The molecule has 0 radical (unpaired) electrons. The van der Waals surface area contributed by atoms with E-state index < -0.39 is 0 Å². The van der Waals surface area contributed by atoms with Crippen LogP contribution in [0.3, 0.4) is 0 Å². The highest BCUT2D eigenvalue weighted by molar-refractivity contribution is 7.99. The largest absolute Gasteiger partial charge is 0.317 e. The molecule has 2 N–H and O–H groups in total. The molecular weight excluding hydrogens is 262 g/mol. The van der Waals surface area contributed by atoms with Gasteiger partial charge in [-0.1, -0.05) is 0 Å². The van der Waals surface area contributed by atoms with Gasteiger partial charge >= 0.3 is 0 Å². The molecule has 1 aliphatic heterocycles. The lowest BCUT2D eigenvalue weighted by atomic mass is 9.98. The summed E-state index contributed by atoms with van der Waals surface area (Å²) in [6.45, 7) is 3.90. The topological polar surface area (TPSA) is 71.8 Å². The summed E-state index contributed by atoms with van der Waals surface area (Å²) < 4.78 is 1.66. The first-order valence-corrected chi connectivity index (χ1v) is 7.86. The van der Waals surface area contributed by atoms with Gasteiger partial charge in [-0.25, -0.2) is 4.68 Å². The lowest BCUT2D eigenvalue weighted by Crippen LogP contribution is -2.27. The van der Waals surface area contributed by atoms with Crippen molar-refractivity contribution in [2.75, 3.05) is 24.7 Å². The zero-order chi connectivity index (χ0) is 13.8. The first kappa shape index (κ1) is 14.3. The van der Waals surface area contributed by atoms with E-state index in [1.54, 1.807) is 4.68 Å². The third kappa shape index (κ3) is 3.48. The molecule has 1 fully saturated rings. The van der Waals surface area contributed by atoms with Gasteiger partial charge in [-0.15, -0.1) is 0 Å². The second-order valence-corrected chi connectivity index (χ2v) is 5.99. The summed E-state index contributed by atoms with van der Waals surface area (Å²) in [5, 5.41) is 10.5. The maximum Gasteiger partial charge on any atom is 0.239 e. The summed E-state index contributed by atoms with van der Waals surface area (Å²) in [5.41, 5.74) is 0. The molecule has 1 atom stereocenters. The van der Waals surface area contributed by atoms with Crippen LogP contribution in [0.4, 0.5) is 5.95 Å². The summed E-state index contributed by atoms with van der Waals surface area (Å²) >= 11 is 1.52. The van der Waals surface area contributed by atoms with Crippen LogP contribution in [0.1, 0.15) is 31.5 Å². The van der Waals surface area contributed by atoms with Crippen molar-refractivity contribution in [1.82, 2.24) is 20.1 Å². The second kappa shape index (κ2) is 6.38. The quantitative estimate of drug-likeness (QED) is 0.861. The van der Waals surface area contributed by atoms with Gasteiger partial charge in [0.25, 0.3) is 0 Å². The molecule has 1 aliphatic rings. The number of nitrogens with one attached hydrogen (secondary N) is 2. The number of carbonyl (C=O) groups is 1. The maximum absolute atomic E-state index is 11.9. The number of anilines is 1. The Labute approximate surface area is 117 Å². The van der Waals surface area contributed by atoms with Crippen LogP contribution in [0, 0.1) is 0 Å². The number of thioether (sulfide) groups is 1. The molecule has 7 heteroatoms. The fraction of sp³-hybridized carbons (Fsp3) is 0.750. The fourth-order valence-electron chi connectivity index (χ4n) is 2.09. The number of carbonyl (C=O) groups excluding carboxylic acids is 1. The molecule has 1 aromatic rings. The van der Waals surface area contributed by atoms with E-state index in [1.807, 2.05) is 20.2 Å². The molecule has 0 saturated carbocycles. The predicted molar refractivity (Wildman–Crippen MR) is 77.5 cm³/mol. The Balaban J connectivity index is 2.05. The summed E-state index contributed by atoms with van der Waals surface area (Å²) in [4.78, 5) is 16.3. The number of rotatable bonds is 4. The van der Waals surface area contributed by atoms with Gasteiger partial charge in [-0.05, 0) is 39.1 Å². The molecule has 0 aliphatic carbocycles. The Bertz CT molecular complexity index is 441. The molecule has 1 saturated heterocycles. The normalized spacial score (nSPS) is 18.3. The van der Waals surface area contributed by atoms with Gasteiger partial charge in [0.1, 0.15) is 0 Å². The van der Waals surface area contributed by atoms with Crippen LogP contribution in [0.5, 0.6) is 0 Å². The van der Waals surface area contributed by atoms with Crippen molar-refractivity contribution < 1.29 is 4.79 Å². The maximum atomic E-state index is 11.9. The van der Waals surface area contributed by atoms with Crippen LogP contribution < -0.4 is 10.6 Å². The van der Waals surface area contributed by atoms with Crippen LogP contribution in [0.15, 0.2) is 0 Å². The first-order valence-electron chi connectivity index (χ1n) is 6.57. The molecule has 1 aromatic heterocycles. The number of nitrogens with zero attached hydrogens (tertiary/aromatic N) is 3. The molecule has 1 unspecified atom stereocenters. The van der Waals surface area contributed by atoms with E-state index in [-0.39, 0.29) is 11.2 Å². The van der Waals surface area contributed by atoms with Crippen molar-refractivity contribution in [3.05, 3.63) is 5.82 Å². The monoisotopic (exact) mass is 283 g/mol. The van der Waals surface area contributed by atoms with E-state index in [9.17, 15) is 4.79 Å². The van der Waals surface area contributed by atoms with Gasteiger partial charge in [-0.2, -0.15) is 21.8 Å². The molecular formula is C12H21N5OS. The first-order chi connectivity index (χ1) is 9.11. The third-order valence-corrected chi connectivity index (χ3v) is 4.36. The van der Waals surface area contributed by atoms with Gasteiger partial charge in [0.2, 0.25) is 11.9 Å². The Kier molecular flexibility index (Phi) is 4.81. The minimum atomic E-state index is -0.0842. The average Bonchev–Trinajstić information content (AvgIpc) is 2.80. The molecule has 6 nitrogen and oxygen atoms in total. The molecule has 1 amide bonds. The minimum Gasteiger partial charge on any atom is -0.317 e. The van der Waals surface area contributed by atoms with E-state index in [4.69, 9.17) is 0 Å². The summed E-state index contributed by atoms with van der Waals surface area (Å²) in [6.07, 6.45) is 4.03. The van der Waals surface area contributed by atoms with E-state index in [0.717, 1.165) is 31.8 Å². The lowest BCUT2D eigenvalue weighted by Gasteiger charge is -2.19. The van der Waals surface area contributed by atoms with Crippen molar-refractivity contribution in [3.8, 4) is 0 Å². The Morgan fingerprint density at radius 2 is 2.21 bits per heavy atom. The fourth-order valence-corrected chi connectivity index (χ4v) is 2.36. The van der Waals surface area contributed by atoms with Crippen molar-refractivity contribution in [2.24, 2.45) is 7.05 Å². The van der Waals surface area contributed by atoms with Gasteiger partial charge < -0.3 is 5.32 Å². The second-order valence-electron chi connectivity index (χ2n) is 4.81. The lowest BCUT2D eigenvalue weighted by molar-refractivity contribution is -0.115.